The van der Waals surface area contributed by atoms with Crippen molar-refractivity contribution in [2.75, 3.05) is 0 Å². The third-order valence-electron chi connectivity index (χ3n) is 3.03. The van der Waals surface area contributed by atoms with E-state index in [1.54, 1.807) is 6.20 Å². The number of fused-ring (bicyclic) bond motifs is 1. The smallest absolute Gasteiger partial charge is 0.259 e. The van der Waals surface area contributed by atoms with Crippen LogP contribution in [0.1, 0.15) is 25.3 Å². The van der Waals surface area contributed by atoms with E-state index in [1.165, 1.54) is 11.3 Å². The second-order valence-corrected chi connectivity index (χ2v) is 5.58. The molecule has 0 amide bonds. The molecule has 0 aliphatic rings. The van der Waals surface area contributed by atoms with Crippen LogP contribution >= 0.6 is 11.3 Å². The van der Waals surface area contributed by atoms with E-state index >= 15 is 0 Å². The first kappa shape index (κ1) is 12.0. The van der Waals surface area contributed by atoms with E-state index in [-0.39, 0.29) is 5.56 Å². The molecule has 3 rings (SSSR count). The lowest BCUT2D eigenvalue weighted by molar-refractivity contribution is 0.868. The Balaban J connectivity index is 2.23. The molecule has 2 heterocycles. The first-order chi connectivity index (χ1) is 9.15. The van der Waals surface area contributed by atoms with Crippen LogP contribution in [0.4, 0.5) is 0 Å². The summed E-state index contributed by atoms with van der Waals surface area (Å²) in [5, 5.41) is 3.22. The molecule has 5 heteroatoms. The third kappa shape index (κ3) is 2.17. The largest absolute Gasteiger partial charge is 0.304 e. The van der Waals surface area contributed by atoms with Crippen molar-refractivity contribution >= 4 is 22.2 Å². The molecule has 96 valence electrons. The van der Waals surface area contributed by atoms with E-state index in [0.717, 1.165) is 10.6 Å². The Hall–Kier alpha value is -2.01. The molecule has 0 radical (unpaired) electrons. The van der Waals surface area contributed by atoms with Gasteiger partial charge in [0, 0.05) is 11.6 Å². The van der Waals surface area contributed by atoms with Gasteiger partial charge in [0.25, 0.3) is 5.56 Å². The molecular weight excluding hydrogens is 258 g/mol. The van der Waals surface area contributed by atoms with Gasteiger partial charge in [0.1, 0.15) is 0 Å². The zero-order valence-electron chi connectivity index (χ0n) is 10.7. The monoisotopic (exact) mass is 271 g/mol. The number of nitrogens with one attached hydrogen (secondary N) is 1. The van der Waals surface area contributed by atoms with Crippen LogP contribution in [0.2, 0.25) is 0 Å². The lowest BCUT2D eigenvalue weighted by Gasteiger charge is -2.06. The predicted molar refractivity (Wildman–Crippen MR) is 77.6 cm³/mol. The molecule has 1 aromatic carbocycles. The summed E-state index contributed by atoms with van der Waals surface area (Å²) >= 11 is 1.46. The van der Waals surface area contributed by atoms with Crippen LogP contribution in [-0.4, -0.2) is 15.0 Å². The van der Waals surface area contributed by atoms with Crippen molar-refractivity contribution in [3.63, 3.8) is 0 Å². The summed E-state index contributed by atoms with van der Waals surface area (Å²) in [5.41, 5.74) is 1.73. The fourth-order valence-electron chi connectivity index (χ4n) is 1.96. The van der Waals surface area contributed by atoms with Crippen molar-refractivity contribution in [2.24, 2.45) is 0 Å². The summed E-state index contributed by atoms with van der Waals surface area (Å²) in [6.45, 7) is 4.21. The zero-order chi connectivity index (χ0) is 13.4. The first-order valence-electron chi connectivity index (χ1n) is 6.09. The van der Waals surface area contributed by atoms with Crippen molar-refractivity contribution in [2.45, 2.75) is 19.8 Å². The number of nitrogens with zero attached hydrogens (tertiary/aromatic N) is 2. The van der Waals surface area contributed by atoms with Gasteiger partial charge in [-0.15, -0.1) is 11.3 Å². The zero-order valence-corrected chi connectivity index (χ0v) is 11.5. The fourth-order valence-corrected chi connectivity index (χ4v) is 2.54. The van der Waals surface area contributed by atoms with Gasteiger partial charge in [-0.05, 0) is 23.6 Å². The van der Waals surface area contributed by atoms with Crippen LogP contribution in [0, 0.1) is 0 Å². The van der Waals surface area contributed by atoms with E-state index in [1.807, 2.05) is 23.6 Å². The predicted octanol–water partition coefficient (Wildman–Crippen LogP) is 3.17. The Morgan fingerprint density at radius 1 is 1.32 bits per heavy atom. The number of rotatable bonds is 2. The van der Waals surface area contributed by atoms with Gasteiger partial charge in [-0.2, -0.15) is 0 Å². The molecular formula is C14H13N3OS. The number of benzene rings is 1. The maximum atomic E-state index is 12.2. The Morgan fingerprint density at radius 3 is 2.84 bits per heavy atom. The maximum absolute atomic E-state index is 12.2. The molecule has 0 aliphatic heterocycles. The van der Waals surface area contributed by atoms with Gasteiger partial charge in [0.2, 0.25) is 0 Å². The van der Waals surface area contributed by atoms with E-state index in [2.05, 4.69) is 28.8 Å². The quantitative estimate of drug-likeness (QED) is 0.778. The second-order valence-electron chi connectivity index (χ2n) is 4.68. The number of H-pyrrole nitrogens is 1. The summed E-state index contributed by atoms with van der Waals surface area (Å²) in [5.74, 6) is 0.923. The molecule has 4 nitrogen and oxygen atoms in total. The number of hydrogen-bond acceptors (Lipinski definition) is 4. The van der Waals surface area contributed by atoms with Crippen LogP contribution in [-0.2, 0) is 0 Å². The Kier molecular flexibility index (Phi) is 2.91. The lowest BCUT2D eigenvalue weighted by Crippen LogP contribution is -2.10. The van der Waals surface area contributed by atoms with Gasteiger partial charge in [-0.25, -0.2) is 9.97 Å². The molecule has 0 atom stereocenters. The normalized spacial score (nSPS) is 11.3. The molecule has 0 saturated heterocycles. The summed E-state index contributed by atoms with van der Waals surface area (Å²) in [7, 11) is 0. The molecule has 0 bridgehead atoms. The number of thiazole rings is 1. The topological polar surface area (TPSA) is 58.6 Å². The fraction of sp³-hybridized carbons (Fsp3) is 0.214. The highest BCUT2D eigenvalue weighted by atomic mass is 32.1. The summed E-state index contributed by atoms with van der Waals surface area (Å²) in [6, 6.07) is 5.83. The summed E-state index contributed by atoms with van der Waals surface area (Å²) < 4.78 is 0. The maximum Gasteiger partial charge on any atom is 0.259 e. The van der Waals surface area contributed by atoms with Gasteiger partial charge in [-0.1, -0.05) is 19.9 Å². The van der Waals surface area contributed by atoms with Crippen molar-refractivity contribution in [3.8, 4) is 10.8 Å². The lowest BCUT2D eigenvalue weighted by atomic mass is 10.0. The molecule has 2 aromatic heterocycles. The molecule has 0 fully saturated rings. The van der Waals surface area contributed by atoms with E-state index in [4.69, 9.17) is 0 Å². The molecule has 3 aromatic rings. The van der Waals surface area contributed by atoms with Gasteiger partial charge < -0.3 is 4.98 Å². The van der Waals surface area contributed by atoms with Crippen molar-refractivity contribution in [1.82, 2.24) is 15.0 Å². The molecule has 1 N–H and O–H groups in total. The molecule has 0 aliphatic carbocycles. The summed E-state index contributed by atoms with van der Waals surface area (Å²) in [6.07, 6.45) is 1.70. The van der Waals surface area contributed by atoms with Crippen LogP contribution < -0.4 is 5.56 Å². The molecule has 0 unspecified atom stereocenters. The van der Waals surface area contributed by atoms with Crippen molar-refractivity contribution in [3.05, 3.63) is 45.7 Å². The Bertz CT molecular complexity index is 775. The van der Waals surface area contributed by atoms with Crippen LogP contribution in [0.15, 0.2) is 34.6 Å². The van der Waals surface area contributed by atoms with Crippen molar-refractivity contribution in [1.29, 1.82) is 0 Å². The highest BCUT2D eigenvalue weighted by Gasteiger charge is 2.09. The molecule has 0 spiro atoms. The first-order valence-corrected chi connectivity index (χ1v) is 6.97. The second kappa shape index (κ2) is 4.59. The van der Waals surface area contributed by atoms with Crippen LogP contribution in [0.3, 0.4) is 0 Å². The third-order valence-corrected chi connectivity index (χ3v) is 3.81. The summed E-state index contributed by atoms with van der Waals surface area (Å²) in [4.78, 5) is 23.6. The Labute approximate surface area is 114 Å². The van der Waals surface area contributed by atoms with Crippen LogP contribution in [0.25, 0.3) is 21.7 Å². The minimum Gasteiger partial charge on any atom is -0.304 e. The molecule has 0 saturated carbocycles. The van der Waals surface area contributed by atoms with Gasteiger partial charge in [-0.3, -0.25) is 4.79 Å². The van der Waals surface area contributed by atoms with Crippen LogP contribution in [0.5, 0.6) is 0 Å². The Morgan fingerprint density at radius 2 is 2.16 bits per heavy atom. The molecule has 19 heavy (non-hydrogen) atoms. The minimum absolute atomic E-state index is 0.113. The highest BCUT2D eigenvalue weighted by molar-refractivity contribution is 7.13. The van der Waals surface area contributed by atoms with Crippen molar-refractivity contribution < 1.29 is 0 Å². The number of hydrogen-bond donors (Lipinski definition) is 1. The SMILES string of the molecule is CC(C)c1ccc2nc(-c3nccs3)[nH]c(=O)c2c1. The van der Waals surface area contributed by atoms with E-state index in [0.29, 0.717) is 22.6 Å². The minimum atomic E-state index is -0.113. The average molecular weight is 271 g/mol. The number of aromatic amines is 1. The average Bonchev–Trinajstić information content (AvgIpc) is 2.92. The number of aromatic nitrogens is 3. The van der Waals surface area contributed by atoms with Gasteiger partial charge in [0.15, 0.2) is 10.8 Å². The van der Waals surface area contributed by atoms with E-state index < -0.39 is 0 Å². The van der Waals surface area contributed by atoms with Gasteiger partial charge in [0.05, 0.1) is 10.9 Å². The van der Waals surface area contributed by atoms with Gasteiger partial charge >= 0.3 is 0 Å². The standard InChI is InChI=1S/C14H13N3OS/c1-8(2)9-3-4-11-10(7-9)13(18)17-12(16-11)14-15-5-6-19-14/h3-8H,1-2H3,(H,16,17,18). The highest BCUT2D eigenvalue weighted by Crippen LogP contribution is 2.21. The van der Waals surface area contributed by atoms with E-state index in [9.17, 15) is 4.79 Å².